The van der Waals surface area contributed by atoms with Gasteiger partial charge >= 0.3 is 0 Å². The minimum absolute atomic E-state index is 0.0824. The monoisotopic (exact) mass is 625 g/mol. The van der Waals surface area contributed by atoms with Gasteiger partial charge in [0.05, 0.1) is 10.6 Å². The Balaban J connectivity index is 1.66. The SMILES string of the molecule is Cc1cccc(CN(C(=O)CN(c2ccc(Br)cc2)S(=O)(=O)c2ccccc2)C(C)C(=O)NC2CCCCC2)c1. The van der Waals surface area contributed by atoms with Gasteiger partial charge in [-0.05, 0) is 68.7 Å². The average molecular weight is 627 g/mol. The number of sulfonamides is 1. The molecule has 7 nitrogen and oxygen atoms in total. The molecule has 1 unspecified atom stereocenters. The van der Waals surface area contributed by atoms with Gasteiger partial charge in [-0.15, -0.1) is 0 Å². The molecule has 40 heavy (non-hydrogen) atoms. The van der Waals surface area contributed by atoms with Crippen LogP contribution < -0.4 is 9.62 Å². The lowest BCUT2D eigenvalue weighted by Gasteiger charge is -2.33. The minimum atomic E-state index is -4.07. The van der Waals surface area contributed by atoms with Crippen molar-refractivity contribution in [3.05, 3.63) is 94.5 Å². The van der Waals surface area contributed by atoms with Gasteiger partial charge in [0.15, 0.2) is 0 Å². The van der Waals surface area contributed by atoms with E-state index >= 15 is 0 Å². The molecule has 1 atom stereocenters. The molecule has 1 aliphatic carbocycles. The third-order valence-corrected chi connectivity index (χ3v) is 9.60. The number of carbonyl (C=O) groups excluding carboxylic acids is 2. The van der Waals surface area contributed by atoms with Gasteiger partial charge in [0, 0.05) is 17.1 Å². The molecule has 0 saturated heterocycles. The molecule has 3 aromatic carbocycles. The summed E-state index contributed by atoms with van der Waals surface area (Å²) in [5, 5.41) is 3.13. The lowest BCUT2D eigenvalue weighted by molar-refractivity contribution is -0.139. The van der Waals surface area contributed by atoms with Crippen molar-refractivity contribution in [2.24, 2.45) is 0 Å². The molecule has 0 aliphatic heterocycles. The van der Waals surface area contributed by atoms with E-state index in [-0.39, 0.29) is 23.4 Å². The summed E-state index contributed by atoms with van der Waals surface area (Å²) in [5.74, 6) is -0.691. The van der Waals surface area contributed by atoms with Gasteiger partial charge in [-0.25, -0.2) is 8.42 Å². The fourth-order valence-electron chi connectivity index (χ4n) is 5.01. The normalized spacial score (nSPS) is 14.8. The lowest BCUT2D eigenvalue weighted by atomic mass is 9.95. The van der Waals surface area contributed by atoms with Gasteiger partial charge in [-0.1, -0.05) is 83.2 Å². The smallest absolute Gasteiger partial charge is 0.264 e. The maximum absolute atomic E-state index is 14.0. The summed E-state index contributed by atoms with van der Waals surface area (Å²) in [7, 11) is -4.07. The number of nitrogens with one attached hydrogen (secondary N) is 1. The Kier molecular flexibility index (Phi) is 10.0. The van der Waals surface area contributed by atoms with Crippen LogP contribution in [-0.4, -0.2) is 43.8 Å². The van der Waals surface area contributed by atoms with Gasteiger partial charge in [0.25, 0.3) is 10.0 Å². The Morgan fingerprint density at radius 1 is 0.950 bits per heavy atom. The summed E-state index contributed by atoms with van der Waals surface area (Å²) >= 11 is 3.39. The maximum atomic E-state index is 14.0. The van der Waals surface area contributed by atoms with E-state index in [1.807, 2.05) is 31.2 Å². The number of halogens is 1. The number of amides is 2. The van der Waals surface area contributed by atoms with Crippen LogP contribution in [-0.2, 0) is 26.2 Å². The van der Waals surface area contributed by atoms with Crippen LogP contribution in [0.4, 0.5) is 5.69 Å². The summed E-state index contributed by atoms with van der Waals surface area (Å²) in [5.41, 5.74) is 2.26. The second kappa shape index (κ2) is 13.5. The highest BCUT2D eigenvalue weighted by Gasteiger charge is 2.33. The van der Waals surface area contributed by atoms with Crippen LogP contribution in [0.5, 0.6) is 0 Å². The first kappa shape index (κ1) is 29.8. The van der Waals surface area contributed by atoms with Crippen LogP contribution in [0.3, 0.4) is 0 Å². The summed E-state index contributed by atoms with van der Waals surface area (Å²) in [6.07, 6.45) is 5.17. The first-order chi connectivity index (χ1) is 19.1. The number of aryl methyl sites for hydroxylation is 1. The molecule has 212 valence electrons. The second-order valence-corrected chi connectivity index (χ2v) is 13.1. The zero-order valence-electron chi connectivity index (χ0n) is 22.9. The van der Waals surface area contributed by atoms with E-state index in [0.29, 0.717) is 5.69 Å². The van der Waals surface area contributed by atoms with E-state index in [4.69, 9.17) is 0 Å². The van der Waals surface area contributed by atoms with E-state index in [1.54, 1.807) is 49.4 Å². The van der Waals surface area contributed by atoms with Crippen LogP contribution in [0, 0.1) is 6.92 Å². The molecule has 0 bridgehead atoms. The van der Waals surface area contributed by atoms with E-state index < -0.39 is 28.5 Å². The molecular formula is C31H36BrN3O4S. The molecule has 1 fully saturated rings. The van der Waals surface area contributed by atoms with E-state index in [1.165, 1.54) is 23.5 Å². The summed E-state index contributed by atoms with van der Waals surface area (Å²) in [6.45, 7) is 3.41. The van der Waals surface area contributed by atoms with Crippen molar-refractivity contribution in [3.8, 4) is 0 Å². The Labute approximate surface area is 245 Å². The predicted octanol–water partition coefficient (Wildman–Crippen LogP) is 5.82. The zero-order chi connectivity index (χ0) is 28.7. The number of carbonyl (C=O) groups is 2. The topological polar surface area (TPSA) is 86.8 Å². The highest BCUT2D eigenvalue weighted by Crippen LogP contribution is 2.26. The number of hydrogen-bond acceptors (Lipinski definition) is 4. The number of hydrogen-bond donors (Lipinski definition) is 1. The van der Waals surface area contributed by atoms with Gasteiger partial charge in [0.1, 0.15) is 12.6 Å². The van der Waals surface area contributed by atoms with Crippen molar-refractivity contribution in [2.75, 3.05) is 10.8 Å². The molecule has 0 heterocycles. The molecule has 1 N–H and O–H groups in total. The third-order valence-electron chi connectivity index (χ3n) is 7.28. The highest BCUT2D eigenvalue weighted by atomic mass is 79.9. The predicted molar refractivity (Wildman–Crippen MR) is 161 cm³/mol. The first-order valence-corrected chi connectivity index (χ1v) is 15.9. The zero-order valence-corrected chi connectivity index (χ0v) is 25.3. The molecule has 2 amide bonds. The van der Waals surface area contributed by atoms with Crippen LogP contribution in [0.15, 0.2) is 88.2 Å². The number of nitrogens with zero attached hydrogens (tertiary/aromatic N) is 2. The quantitative estimate of drug-likeness (QED) is 0.308. The molecule has 0 aromatic heterocycles. The van der Waals surface area contributed by atoms with Crippen molar-refractivity contribution >= 4 is 43.5 Å². The first-order valence-electron chi connectivity index (χ1n) is 13.6. The molecule has 0 radical (unpaired) electrons. The van der Waals surface area contributed by atoms with Crippen LogP contribution in [0.25, 0.3) is 0 Å². The van der Waals surface area contributed by atoms with Crippen molar-refractivity contribution < 1.29 is 18.0 Å². The lowest BCUT2D eigenvalue weighted by Crippen LogP contribution is -2.53. The minimum Gasteiger partial charge on any atom is -0.352 e. The van der Waals surface area contributed by atoms with Crippen molar-refractivity contribution in [1.82, 2.24) is 10.2 Å². The summed E-state index contributed by atoms with van der Waals surface area (Å²) < 4.78 is 29.5. The molecule has 1 aliphatic rings. The Morgan fingerprint density at radius 2 is 1.62 bits per heavy atom. The summed E-state index contributed by atoms with van der Waals surface area (Å²) in [4.78, 5) is 29.0. The number of benzene rings is 3. The van der Waals surface area contributed by atoms with E-state index in [0.717, 1.165) is 45.6 Å². The molecule has 4 rings (SSSR count). The molecule has 9 heteroatoms. The second-order valence-electron chi connectivity index (χ2n) is 10.3. The standard InChI is InChI=1S/C31H36BrN3O4S/c1-23-10-9-11-25(20-23)21-34(24(2)31(37)33-27-12-5-3-6-13-27)30(36)22-35(28-18-16-26(32)17-19-28)40(38,39)29-14-7-4-8-15-29/h4,7-11,14-20,24,27H,3,5-6,12-13,21-22H2,1-2H3,(H,33,37). The Bertz CT molecular complexity index is 1410. The van der Waals surface area contributed by atoms with Gasteiger partial charge < -0.3 is 10.2 Å². The van der Waals surface area contributed by atoms with Gasteiger partial charge in [0.2, 0.25) is 11.8 Å². The Morgan fingerprint density at radius 3 is 2.27 bits per heavy atom. The molecular weight excluding hydrogens is 590 g/mol. The van der Waals surface area contributed by atoms with Crippen molar-refractivity contribution in [3.63, 3.8) is 0 Å². The van der Waals surface area contributed by atoms with Crippen molar-refractivity contribution in [2.45, 2.75) is 69.5 Å². The fraction of sp³-hybridized carbons (Fsp3) is 0.355. The largest absolute Gasteiger partial charge is 0.352 e. The van der Waals surface area contributed by atoms with Crippen molar-refractivity contribution in [1.29, 1.82) is 0 Å². The van der Waals surface area contributed by atoms with Gasteiger partial charge in [-0.2, -0.15) is 0 Å². The number of anilines is 1. The molecule has 1 saturated carbocycles. The van der Waals surface area contributed by atoms with Crippen LogP contribution >= 0.6 is 15.9 Å². The van der Waals surface area contributed by atoms with Gasteiger partial charge in [-0.3, -0.25) is 13.9 Å². The van der Waals surface area contributed by atoms with Crippen LogP contribution in [0.1, 0.15) is 50.2 Å². The third kappa shape index (κ3) is 7.52. The maximum Gasteiger partial charge on any atom is 0.264 e. The molecule has 0 spiro atoms. The van der Waals surface area contributed by atoms with E-state index in [9.17, 15) is 18.0 Å². The van der Waals surface area contributed by atoms with E-state index in [2.05, 4.69) is 21.2 Å². The van der Waals surface area contributed by atoms with Crippen LogP contribution in [0.2, 0.25) is 0 Å². The fourth-order valence-corrected chi connectivity index (χ4v) is 6.71. The highest BCUT2D eigenvalue weighted by molar-refractivity contribution is 9.10. The number of rotatable bonds is 10. The Hall–Kier alpha value is -3.17. The molecule has 3 aromatic rings. The summed E-state index contributed by atoms with van der Waals surface area (Å²) in [6, 6.07) is 21.9. The average Bonchev–Trinajstić information content (AvgIpc) is 2.95.